The molecule has 0 heterocycles. The van der Waals surface area contributed by atoms with Gasteiger partial charge in [0.15, 0.2) is 9.84 Å². The first kappa shape index (κ1) is 19.7. The summed E-state index contributed by atoms with van der Waals surface area (Å²) in [6.45, 7) is 1.60. The summed E-state index contributed by atoms with van der Waals surface area (Å²) in [4.78, 5) is 23.9. The second kappa shape index (κ2) is 8.14. The van der Waals surface area contributed by atoms with Crippen LogP contribution in [0.2, 0.25) is 0 Å². The van der Waals surface area contributed by atoms with E-state index in [1.165, 1.54) is 12.1 Å². The predicted molar refractivity (Wildman–Crippen MR) is 97.9 cm³/mol. The zero-order valence-electron chi connectivity index (χ0n) is 14.6. The van der Waals surface area contributed by atoms with E-state index in [0.29, 0.717) is 12.0 Å². The number of aryl methyl sites for hydroxylation is 1. The second-order valence-electron chi connectivity index (χ2n) is 6.19. The monoisotopic (exact) mass is 375 g/mol. The van der Waals surface area contributed by atoms with E-state index < -0.39 is 27.6 Å². The number of carbonyl (C=O) groups is 2. The Morgan fingerprint density at radius 2 is 1.77 bits per heavy atom. The van der Waals surface area contributed by atoms with Gasteiger partial charge in [-0.3, -0.25) is 9.59 Å². The highest BCUT2D eigenvalue weighted by Gasteiger charge is 2.20. The van der Waals surface area contributed by atoms with E-state index in [1.54, 1.807) is 13.0 Å². The maximum Gasteiger partial charge on any atom is 0.308 e. The largest absolute Gasteiger partial charge is 0.481 e. The van der Waals surface area contributed by atoms with Crippen molar-refractivity contribution >= 4 is 21.7 Å². The van der Waals surface area contributed by atoms with Gasteiger partial charge in [0.05, 0.1) is 10.8 Å². The summed E-state index contributed by atoms with van der Waals surface area (Å²) in [5, 5.41) is 12.0. The summed E-state index contributed by atoms with van der Waals surface area (Å²) >= 11 is 0. The molecule has 1 atom stereocenters. The number of nitrogens with one attached hydrogen (secondary N) is 1. The van der Waals surface area contributed by atoms with Crippen LogP contribution in [0.4, 0.5) is 0 Å². The zero-order chi connectivity index (χ0) is 19.3. The number of sulfone groups is 1. The molecule has 0 saturated carbocycles. The highest BCUT2D eigenvalue weighted by Crippen LogP contribution is 2.17. The minimum Gasteiger partial charge on any atom is -0.481 e. The molecule has 1 unspecified atom stereocenters. The van der Waals surface area contributed by atoms with Gasteiger partial charge in [-0.25, -0.2) is 8.42 Å². The topological polar surface area (TPSA) is 101 Å². The lowest BCUT2D eigenvalue weighted by Crippen LogP contribution is -2.34. The molecule has 2 aromatic carbocycles. The summed E-state index contributed by atoms with van der Waals surface area (Å²) in [7, 11) is -3.45. The van der Waals surface area contributed by atoms with Gasteiger partial charge in [-0.2, -0.15) is 0 Å². The summed E-state index contributed by atoms with van der Waals surface area (Å²) in [5.41, 5.74) is 1.60. The van der Waals surface area contributed by atoms with Crippen molar-refractivity contribution < 1.29 is 23.1 Å². The molecule has 1 amide bonds. The number of benzene rings is 2. The van der Waals surface area contributed by atoms with Crippen LogP contribution in [-0.4, -0.2) is 38.2 Å². The average Bonchev–Trinajstić information content (AvgIpc) is 2.58. The van der Waals surface area contributed by atoms with Crippen LogP contribution in [0, 0.1) is 12.8 Å². The molecule has 0 spiro atoms. The number of rotatable bonds is 7. The summed E-state index contributed by atoms with van der Waals surface area (Å²) < 4.78 is 23.6. The summed E-state index contributed by atoms with van der Waals surface area (Å²) in [5.74, 6) is -2.29. The summed E-state index contributed by atoms with van der Waals surface area (Å²) in [6.07, 6.45) is 1.37. The molecule has 0 aromatic heterocycles. The van der Waals surface area contributed by atoms with Crippen molar-refractivity contribution in [2.75, 3.05) is 12.8 Å². The van der Waals surface area contributed by atoms with Crippen LogP contribution in [0.1, 0.15) is 21.5 Å². The van der Waals surface area contributed by atoms with E-state index in [2.05, 4.69) is 5.32 Å². The number of hydrogen-bond donors (Lipinski definition) is 2. The van der Waals surface area contributed by atoms with Crippen molar-refractivity contribution in [1.82, 2.24) is 5.32 Å². The lowest BCUT2D eigenvalue weighted by atomic mass is 9.99. The number of aliphatic carboxylic acids is 1. The highest BCUT2D eigenvalue weighted by molar-refractivity contribution is 7.90. The van der Waals surface area contributed by atoms with Gasteiger partial charge in [-0.05, 0) is 36.6 Å². The van der Waals surface area contributed by atoms with Crippen LogP contribution < -0.4 is 5.32 Å². The van der Waals surface area contributed by atoms with Gasteiger partial charge in [0.1, 0.15) is 0 Å². The van der Waals surface area contributed by atoms with E-state index in [-0.39, 0.29) is 17.0 Å². The molecule has 7 heteroatoms. The quantitative estimate of drug-likeness (QED) is 0.772. The number of carboxylic acids is 1. The fourth-order valence-electron chi connectivity index (χ4n) is 2.60. The molecule has 2 aromatic rings. The Balaban J connectivity index is 2.10. The fraction of sp³-hybridized carbons (Fsp3) is 0.263. The van der Waals surface area contributed by atoms with Crippen molar-refractivity contribution in [1.29, 1.82) is 0 Å². The van der Waals surface area contributed by atoms with Crippen LogP contribution in [0.5, 0.6) is 0 Å². The van der Waals surface area contributed by atoms with E-state index >= 15 is 0 Å². The maximum atomic E-state index is 12.3. The third-order valence-electron chi connectivity index (χ3n) is 4.03. The fourth-order valence-corrected chi connectivity index (χ4v) is 3.60. The van der Waals surface area contributed by atoms with Gasteiger partial charge >= 0.3 is 5.97 Å². The molecule has 6 nitrogen and oxygen atoms in total. The van der Waals surface area contributed by atoms with Crippen LogP contribution in [0.15, 0.2) is 53.4 Å². The van der Waals surface area contributed by atoms with Gasteiger partial charge < -0.3 is 10.4 Å². The molecular formula is C19H21NO5S. The molecule has 2 N–H and O–H groups in total. The third-order valence-corrected chi connectivity index (χ3v) is 5.27. The van der Waals surface area contributed by atoms with Crippen LogP contribution >= 0.6 is 0 Å². The van der Waals surface area contributed by atoms with E-state index in [1.807, 2.05) is 30.3 Å². The van der Waals surface area contributed by atoms with E-state index in [9.17, 15) is 23.1 Å². The Morgan fingerprint density at radius 3 is 2.35 bits per heavy atom. The molecule has 138 valence electrons. The van der Waals surface area contributed by atoms with E-state index in [0.717, 1.165) is 11.8 Å². The van der Waals surface area contributed by atoms with Crippen LogP contribution in [-0.2, 0) is 21.1 Å². The minimum absolute atomic E-state index is 0.0505. The molecule has 26 heavy (non-hydrogen) atoms. The molecule has 0 aliphatic carbocycles. The van der Waals surface area contributed by atoms with Crippen molar-refractivity contribution in [3.63, 3.8) is 0 Å². The normalized spacial score (nSPS) is 12.4. The lowest BCUT2D eigenvalue weighted by Gasteiger charge is -2.14. The smallest absolute Gasteiger partial charge is 0.308 e. The van der Waals surface area contributed by atoms with Crippen molar-refractivity contribution in [2.45, 2.75) is 18.2 Å². The molecule has 0 bridgehead atoms. The van der Waals surface area contributed by atoms with Gasteiger partial charge in [0.2, 0.25) is 0 Å². The summed E-state index contributed by atoms with van der Waals surface area (Å²) in [6, 6.07) is 13.5. The predicted octanol–water partition coefficient (Wildman–Crippen LogP) is 2.07. The lowest BCUT2D eigenvalue weighted by molar-refractivity contribution is -0.141. The average molecular weight is 375 g/mol. The van der Waals surface area contributed by atoms with Crippen molar-refractivity contribution in [3.05, 3.63) is 65.2 Å². The Labute approximate surface area is 152 Å². The molecule has 2 rings (SSSR count). The Bertz CT molecular complexity index is 907. The first-order valence-electron chi connectivity index (χ1n) is 8.04. The Kier molecular flexibility index (Phi) is 6.15. The zero-order valence-corrected chi connectivity index (χ0v) is 15.4. The number of amides is 1. The van der Waals surface area contributed by atoms with Crippen LogP contribution in [0.3, 0.4) is 0 Å². The SMILES string of the molecule is Cc1ccc(C(=O)NCC(Cc2ccccc2)C(=O)O)cc1S(C)(=O)=O. The van der Waals surface area contributed by atoms with Crippen molar-refractivity contribution in [3.8, 4) is 0 Å². The molecule has 0 aliphatic heterocycles. The van der Waals surface area contributed by atoms with Gasteiger partial charge in [-0.15, -0.1) is 0 Å². The van der Waals surface area contributed by atoms with E-state index in [4.69, 9.17) is 0 Å². The van der Waals surface area contributed by atoms with Gasteiger partial charge in [0.25, 0.3) is 5.91 Å². The first-order chi connectivity index (χ1) is 12.2. The highest BCUT2D eigenvalue weighted by atomic mass is 32.2. The molecule has 0 fully saturated rings. The van der Waals surface area contributed by atoms with Crippen molar-refractivity contribution in [2.24, 2.45) is 5.92 Å². The molecule has 0 radical (unpaired) electrons. The Hall–Kier alpha value is -2.67. The van der Waals surface area contributed by atoms with Gasteiger partial charge in [0, 0.05) is 18.4 Å². The third kappa shape index (κ3) is 5.16. The Morgan fingerprint density at radius 1 is 1.12 bits per heavy atom. The minimum atomic E-state index is -3.45. The van der Waals surface area contributed by atoms with Crippen LogP contribution in [0.25, 0.3) is 0 Å². The molecular weight excluding hydrogens is 354 g/mol. The second-order valence-corrected chi connectivity index (χ2v) is 8.17. The molecule has 0 saturated heterocycles. The number of carbonyl (C=O) groups excluding carboxylic acids is 1. The molecule has 0 aliphatic rings. The number of carboxylic acid groups (broad SMARTS) is 1. The number of hydrogen-bond acceptors (Lipinski definition) is 4. The van der Waals surface area contributed by atoms with Gasteiger partial charge in [-0.1, -0.05) is 36.4 Å². The first-order valence-corrected chi connectivity index (χ1v) is 9.93. The standard InChI is InChI=1S/C19H21NO5S/c1-13-8-9-15(11-17(13)26(2,24)25)18(21)20-12-16(19(22)23)10-14-6-4-3-5-7-14/h3-9,11,16H,10,12H2,1-2H3,(H,20,21)(H,22,23). The maximum absolute atomic E-state index is 12.3.